The molecule has 0 unspecified atom stereocenters. The van der Waals surface area contributed by atoms with E-state index in [1.54, 1.807) is 17.0 Å². The fourth-order valence-electron chi connectivity index (χ4n) is 3.77. The molecule has 2 aliphatic heterocycles. The second-order valence-corrected chi connectivity index (χ2v) is 7.61. The molecule has 0 N–H and O–H groups in total. The van der Waals surface area contributed by atoms with E-state index in [9.17, 15) is 9.59 Å². The zero-order chi connectivity index (χ0) is 20.1. The van der Waals surface area contributed by atoms with Crippen molar-refractivity contribution >= 4 is 23.4 Å². The van der Waals surface area contributed by atoms with Gasteiger partial charge in [0.2, 0.25) is 5.91 Å². The van der Waals surface area contributed by atoms with Gasteiger partial charge in [-0.1, -0.05) is 11.6 Å². The van der Waals surface area contributed by atoms with Crippen molar-refractivity contribution in [2.24, 2.45) is 0 Å². The van der Waals surface area contributed by atoms with Gasteiger partial charge in [0, 0.05) is 44.8 Å². The SMILES string of the molecule is COc1cc(C(=O)N2CCN(CC(=O)N3CCCCC3)CC2)cc(Cl)c1OC. The fourth-order valence-corrected chi connectivity index (χ4v) is 4.06. The first-order chi connectivity index (χ1) is 13.5. The van der Waals surface area contributed by atoms with Gasteiger partial charge in [0.05, 0.1) is 25.8 Å². The molecule has 0 atom stereocenters. The standard InChI is InChI=1S/C20H28ClN3O4/c1-27-17-13-15(12-16(21)19(17)28-2)20(26)24-10-8-22(9-11-24)14-18(25)23-6-4-3-5-7-23/h12-13H,3-11,14H2,1-2H3. The Bertz CT molecular complexity index is 714. The summed E-state index contributed by atoms with van der Waals surface area (Å²) in [6.07, 6.45) is 3.41. The number of amides is 2. The highest BCUT2D eigenvalue weighted by atomic mass is 35.5. The Balaban J connectivity index is 1.56. The zero-order valence-corrected chi connectivity index (χ0v) is 17.3. The van der Waals surface area contributed by atoms with Crippen molar-refractivity contribution in [3.63, 3.8) is 0 Å². The van der Waals surface area contributed by atoms with Crippen LogP contribution in [0.4, 0.5) is 0 Å². The molecule has 2 aliphatic rings. The molecule has 154 valence electrons. The van der Waals surface area contributed by atoms with Gasteiger partial charge >= 0.3 is 0 Å². The average molecular weight is 410 g/mol. The molecule has 2 saturated heterocycles. The van der Waals surface area contributed by atoms with E-state index in [0.29, 0.717) is 54.8 Å². The van der Waals surface area contributed by atoms with Crippen LogP contribution in [0.5, 0.6) is 11.5 Å². The normalized spacial score (nSPS) is 18.1. The van der Waals surface area contributed by atoms with E-state index in [0.717, 1.165) is 25.9 Å². The number of nitrogens with zero attached hydrogens (tertiary/aromatic N) is 3. The number of methoxy groups -OCH3 is 2. The molecular formula is C20H28ClN3O4. The first kappa shape index (κ1) is 20.7. The number of carbonyl (C=O) groups excluding carboxylic acids is 2. The summed E-state index contributed by atoms with van der Waals surface area (Å²) in [6, 6.07) is 3.26. The number of likely N-dealkylation sites (tertiary alicyclic amines) is 1. The van der Waals surface area contributed by atoms with Gasteiger partial charge < -0.3 is 19.3 Å². The van der Waals surface area contributed by atoms with Crippen LogP contribution in [-0.4, -0.2) is 86.5 Å². The lowest BCUT2D eigenvalue weighted by molar-refractivity contribution is -0.133. The highest BCUT2D eigenvalue weighted by Crippen LogP contribution is 2.36. The molecule has 2 heterocycles. The minimum atomic E-state index is -0.0927. The topological polar surface area (TPSA) is 62.3 Å². The quantitative estimate of drug-likeness (QED) is 0.745. The van der Waals surface area contributed by atoms with Crippen LogP contribution in [0.1, 0.15) is 29.6 Å². The minimum Gasteiger partial charge on any atom is -0.493 e. The van der Waals surface area contributed by atoms with E-state index in [1.165, 1.54) is 20.6 Å². The second-order valence-electron chi connectivity index (χ2n) is 7.20. The summed E-state index contributed by atoms with van der Waals surface area (Å²) in [5.74, 6) is 0.960. The Hall–Kier alpha value is -1.99. The molecule has 0 bridgehead atoms. The highest BCUT2D eigenvalue weighted by Gasteiger charge is 2.26. The molecule has 1 aromatic carbocycles. The molecule has 0 saturated carbocycles. The number of halogens is 1. The molecule has 2 fully saturated rings. The maximum Gasteiger partial charge on any atom is 0.254 e. The average Bonchev–Trinajstić information content (AvgIpc) is 2.73. The van der Waals surface area contributed by atoms with Crippen LogP contribution in [0.2, 0.25) is 5.02 Å². The van der Waals surface area contributed by atoms with Crippen LogP contribution in [0.25, 0.3) is 0 Å². The van der Waals surface area contributed by atoms with E-state index in [-0.39, 0.29) is 11.8 Å². The highest BCUT2D eigenvalue weighted by molar-refractivity contribution is 6.32. The van der Waals surface area contributed by atoms with Crippen LogP contribution < -0.4 is 9.47 Å². The van der Waals surface area contributed by atoms with E-state index >= 15 is 0 Å². The third-order valence-electron chi connectivity index (χ3n) is 5.41. The Labute approximate surface area is 171 Å². The summed E-state index contributed by atoms with van der Waals surface area (Å²) in [7, 11) is 3.02. The summed E-state index contributed by atoms with van der Waals surface area (Å²) < 4.78 is 10.5. The molecule has 28 heavy (non-hydrogen) atoms. The Morgan fingerprint density at radius 3 is 2.21 bits per heavy atom. The summed E-state index contributed by atoms with van der Waals surface area (Å²) in [5.41, 5.74) is 0.473. The molecule has 1 aromatic rings. The zero-order valence-electron chi connectivity index (χ0n) is 16.6. The fraction of sp³-hybridized carbons (Fsp3) is 0.600. The van der Waals surface area contributed by atoms with Gasteiger partial charge in [-0.25, -0.2) is 0 Å². The van der Waals surface area contributed by atoms with Gasteiger partial charge in [0.15, 0.2) is 11.5 Å². The van der Waals surface area contributed by atoms with Gasteiger partial charge in [-0.3, -0.25) is 14.5 Å². The number of ether oxygens (including phenoxy) is 2. The maximum atomic E-state index is 12.9. The number of rotatable bonds is 5. The van der Waals surface area contributed by atoms with Crippen LogP contribution in [0.15, 0.2) is 12.1 Å². The van der Waals surface area contributed by atoms with Crippen LogP contribution in [-0.2, 0) is 4.79 Å². The molecular weight excluding hydrogens is 382 g/mol. The molecule has 0 spiro atoms. The lowest BCUT2D eigenvalue weighted by atomic mass is 10.1. The smallest absolute Gasteiger partial charge is 0.254 e. The number of hydrogen-bond acceptors (Lipinski definition) is 5. The molecule has 0 aromatic heterocycles. The van der Waals surface area contributed by atoms with Crippen molar-refractivity contribution in [1.82, 2.24) is 14.7 Å². The first-order valence-corrected chi connectivity index (χ1v) is 10.1. The lowest BCUT2D eigenvalue weighted by Gasteiger charge is -2.36. The number of hydrogen-bond donors (Lipinski definition) is 0. The van der Waals surface area contributed by atoms with Crippen LogP contribution >= 0.6 is 11.6 Å². The first-order valence-electron chi connectivity index (χ1n) is 9.74. The molecule has 0 radical (unpaired) electrons. The predicted molar refractivity (Wildman–Crippen MR) is 107 cm³/mol. The third-order valence-corrected chi connectivity index (χ3v) is 5.69. The van der Waals surface area contributed by atoms with Gasteiger partial charge in [0.1, 0.15) is 0 Å². The van der Waals surface area contributed by atoms with Gasteiger partial charge in [0.25, 0.3) is 5.91 Å². The van der Waals surface area contributed by atoms with Crippen molar-refractivity contribution in [2.45, 2.75) is 19.3 Å². The number of piperidine rings is 1. The second kappa shape index (κ2) is 9.47. The predicted octanol–water partition coefficient (Wildman–Crippen LogP) is 2.13. The molecule has 2 amide bonds. The van der Waals surface area contributed by atoms with E-state index < -0.39 is 0 Å². The lowest BCUT2D eigenvalue weighted by Crippen LogP contribution is -2.52. The molecule has 3 rings (SSSR count). The number of piperazine rings is 1. The Morgan fingerprint density at radius 2 is 1.61 bits per heavy atom. The van der Waals surface area contributed by atoms with Crippen molar-refractivity contribution in [2.75, 3.05) is 60.0 Å². The molecule has 0 aliphatic carbocycles. The number of carbonyl (C=O) groups is 2. The van der Waals surface area contributed by atoms with Crippen LogP contribution in [0, 0.1) is 0 Å². The van der Waals surface area contributed by atoms with E-state index in [1.807, 2.05) is 4.90 Å². The summed E-state index contributed by atoms with van der Waals surface area (Å²) in [5, 5.41) is 0.343. The maximum absolute atomic E-state index is 12.9. The van der Waals surface area contributed by atoms with E-state index in [2.05, 4.69) is 4.90 Å². The third kappa shape index (κ3) is 4.70. The van der Waals surface area contributed by atoms with Crippen molar-refractivity contribution in [3.8, 4) is 11.5 Å². The summed E-state index contributed by atoms with van der Waals surface area (Å²) >= 11 is 6.22. The minimum absolute atomic E-state index is 0.0927. The largest absolute Gasteiger partial charge is 0.493 e. The Morgan fingerprint density at radius 1 is 0.929 bits per heavy atom. The van der Waals surface area contributed by atoms with Gasteiger partial charge in [-0.2, -0.15) is 0 Å². The van der Waals surface area contributed by atoms with Gasteiger partial charge in [-0.05, 0) is 31.4 Å². The van der Waals surface area contributed by atoms with Gasteiger partial charge in [-0.15, -0.1) is 0 Å². The molecule has 8 heteroatoms. The monoisotopic (exact) mass is 409 g/mol. The van der Waals surface area contributed by atoms with Crippen LogP contribution in [0.3, 0.4) is 0 Å². The van der Waals surface area contributed by atoms with Crippen molar-refractivity contribution < 1.29 is 19.1 Å². The number of benzene rings is 1. The van der Waals surface area contributed by atoms with Crippen molar-refractivity contribution in [1.29, 1.82) is 0 Å². The summed E-state index contributed by atoms with van der Waals surface area (Å²) in [4.78, 5) is 31.2. The molecule has 7 nitrogen and oxygen atoms in total. The Kier molecular flexibility index (Phi) is 7.02. The van der Waals surface area contributed by atoms with E-state index in [4.69, 9.17) is 21.1 Å². The van der Waals surface area contributed by atoms with Crippen molar-refractivity contribution in [3.05, 3.63) is 22.7 Å². The summed E-state index contributed by atoms with van der Waals surface area (Å²) in [6.45, 7) is 4.72.